The molecule has 1 amide bonds. The molecule has 2 aromatic carbocycles. The fourth-order valence-corrected chi connectivity index (χ4v) is 3.95. The standard InChI is InChI=1S/C22H18F6N5O6P/c1-29-17(34)13-4-2-3-5-15(13)32-16-14(21(23,24)25)10-30-20(33-16)31-12-8-6-11(7-9-12)18(40(36,37)38)39-19(35)22(26,27)28/h2-10,18H,1H3,(H,29,34)(H2,36,37,38)(H2,30,31,32,33). The first-order valence-corrected chi connectivity index (χ1v) is 12.4. The maximum absolute atomic E-state index is 13.6. The lowest BCUT2D eigenvalue weighted by Crippen LogP contribution is -2.27. The highest BCUT2D eigenvalue weighted by atomic mass is 31.2. The number of ether oxygens (including phenoxy) is 1. The Balaban J connectivity index is 1.91. The zero-order chi connectivity index (χ0) is 29.9. The van der Waals surface area contributed by atoms with Crippen molar-refractivity contribution >= 4 is 42.6 Å². The molecule has 40 heavy (non-hydrogen) atoms. The normalized spacial score (nSPS) is 12.8. The fourth-order valence-electron chi connectivity index (χ4n) is 3.16. The number of anilines is 4. The van der Waals surface area contributed by atoms with Gasteiger partial charge in [0.2, 0.25) is 11.8 Å². The highest BCUT2D eigenvalue weighted by Gasteiger charge is 2.46. The number of halogens is 6. The molecule has 1 heterocycles. The van der Waals surface area contributed by atoms with Crippen LogP contribution in [0, 0.1) is 0 Å². The Morgan fingerprint density at radius 2 is 1.60 bits per heavy atom. The molecule has 0 aliphatic carbocycles. The first kappa shape index (κ1) is 30.3. The Kier molecular flexibility index (Phi) is 8.72. The lowest BCUT2D eigenvalue weighted by Gasteiger charge is -2.20. The van der Waals surface area contributed by atoms with Crippen molar-refractivity contribution in [3.05, 3.63) is 71.4 Å². The summed E-state index contributed by atoms with van der Waals surface area (Å²) in [6, 6.07) is 9.67. The molecular weight excluding hydrogens is 575 g/mol. The number of amides is 1. The topological polar surface area (TPSA) is 163 Å². The number of alkyl halides is 6. The van der Waals surface area contributed by atoms with E-state index in [9.17, 15) is 50.3 Å². The van der Waals surface area contributed by atoms with E-state index in [1.54, 1.807) is 0 Å². The number of nitrogens with zero attached hydrogens (tertiary/aromatic N) is 2. The number of carbonyl (C=O) groups is 2. The first-order chi connectivity index (χ1) is 18.5. The van der Waals surface area contributed by atoms with Crippen molar-refractivity contribution in [2.75, 3.05) is 17.7 Å². The minimum Gasteiger partial charge on any atom is -0.438 e. The molecule has 0 saturated heterocycles. The summed E-state index contributed by atoms with van der Waals surface area (Å²) in [5, 5.41) is 7.35. The lowest BCUT2D eigenvalue weighted by atomic mass is 10.1. The molecule has 0 aliphatic heterocycles. The van der Waals surface area contributed by atoms with E-state index in [4.69, 9.17) is 0 Å². The predicted molar refractivity (Wildman–Crippen MR) is 127 cm³/mol. The number of hydrogen-bond donors (Lipinski definition) is 5. The van der Waals surface area contributed by atoms with Crippen molar-refractivity contribution in [1.29, 1.82) is 0 Å². The molecule has 0 radical (unpaired) electrons. The second-order valence-electron chi connectivity index (χ2n) is 7.79. The van der Waals surface area contributed by atoms with Crippen LogP contribution in [0.25, 0.3) is 0 Å². The average Bonchev–Trinajstić information content (AvgIpc) is 2.86. The molecular formula is C22H18F6N5O6P. The molecule has 11 nitrogen and oxygen atoms in total. The van der Waals surface area contributed by atoms with E-state index in [-0.39, 0.29) is 16.9 Å². The maximum atomic E-state index is 13.6. The van der Waals surface area contributed by atoms with Crippen LogP contribution in [0.2, 0.25) is 0 Å². The van der Waals surface area contributed by atoms with Crippen molar-refractivity contribution in [3.63, 3.8) is 0 Å². The van der Waals surface area contributed by atoms with Crippen LogP contribution in [-0.4, -0.2) is 44.9 Å². The molecule has 1 atom stereocenters. The quantitative estimate of drug-likeness (QED) is 0.142. The van der Waals surface area contributed by atoms with Crippen LogP contribution in [0.1, 0.15) is 27.3 Å². The van der Waals surface area contributed by atoms with Gasteiger partial charge < -0.3 is 30.5 Å². The van der Waals surface area contributed by atoms with E-state index in [1.165, 1.54) is 31.3 Å². The van der Waals surface area contributed by atoms with Gasteiger partial charge >= 0.3 is 25.9 Å². The van der Waals surface area contributed by atoms with Crippen LogP contribution in [-0.2, 0) is 20.3 Å². The minimum atomic E-state index is -5.51. The molecule has 1 aromatic heterocycles. The Bertz CT molecular complexity index is 1450. The van der Waals surface area contributed by atoms with E-state index in [2.05, 4.69) is 30.7 Å². The van der Waals surface area contributed by atoms with Crippen molar-refractivity contribution < 1.29 is 55.0 Å². The Morgan fingerprint density at radius 1 is 0.975 bits per heavy atom. The Labute approximate surface area is 220 Å². The van der Waals surface area contributed by atoms with E-state index in [0.29, 0.717) is 6.20 Å². The van der Waals surface area contributed by atoms with Crippen LogP contribution >= 0.6 is 7.60 Å². The van der Waals surface area contributed by atoms with Gasteiger partial charge in [0, 0.05) is 24.5 Å². The number of hydrogen-bond acceptors (Lipinski definition) is 8. The van der Waals surface area contributed by atoms with Crippen molar-refractivity contribution in [2.24, 2.45) is 0 Å². The van der Waals surface area contributed by atoms with Gasteiger partial charge in [0.15, 0.2) is 0 Å². The van der Waals surface area contributed by atoms with Gasteiger partial charge in [0.05, 0.1) is 11.3 Å². The second-order valence-corrected chi connectivity index (χ2v) is 9.44. The largest absolute Gasteiger partial charge is 0.490 e. The van der Waals surface area contributed by atoms with Gasteiger partial charge in [-0.1, -0.05) is 24.3 Å². The van der Waals surface area contributed by atoms with Crippen LogP contribution in [0.3, 0.4) is 0 Å². The number of carbonyl (C=O) groups excluding carboxylic acids is 2. The number of nitrogens with one attached hydrogen (secondary N) is 3. The van der Waals surface area contributed by atoms with Gasteiger partial charge in [0.1, 0.15) is 11.4 Å². The highest BCUT2D eigenvalue weighted by Crippen LogP contribution is 2.53. The van der Waals surface area contributed by atoms with Crippen LogP contribution in [0.5, 0.6) is 0 Å². The van der Waals surface area contributed by atoms with Crippen LogP contribution in [0.15, 0.2) is 54.7 Å². The lowest BCUT2D eigenvalue weighted by molar-refractivity contribution is -0.202. The van der Waals surface area contributed by atoms with E-state index >= 15 is 0 Å². The summed E-state index contributed by atoms with van der Waals surface area (Å²) in [5.74, 6) is -7.10. The summed E-state index contributed by atoms with van der Waals surface area (Å²) in [4.78, 5) is 49.4. The molecule has 0 fully saturated rings. The molecule has 0 spiro atoms. The zero-order valence-corrected chi connectivity index (χ0v) is 20.8. The highest BCUT2D eigenvalue weighted by molar-refractivity contribution is 7.52. The van der Waals surface area contributed by atoms with Crippen LogP contribution < -0.4 is 16.0 Å². The van der Waals surface area contributed by atoms with Gasteiger partial charge in [-0.3, -0.25) is 9.36 Å². The summed E-state index contributed by atoms with van der Waals surface area (Å²) >= 11 is 0. The molecule has 3 rings (SSSR count). The number of benzene rings is 2. The zero-order valence-electron chi connectivity index (χ0n) is 19.9. The van der Waals surface area contributed by atoms with Crippen molar-refractivity contribution in [1.82, 2.24) is 15.3 Å². The number of para-hydroxylation sites is 1. The molecule has 5 N–H and O–H groups in total. The van der Waals surface area contributed by atoms with E-state index < -0.39 is 60.6 Å². The molecule has 18 heteroatoms. The number of rotatable bonds is 8. The van der Waals surface area contributed by atoms with Crippen LogP contribution in [0.4, 0.5) is 49.5 Å². The van der Waals surface area contributed by atoms with E-state index in [0.717, 1.165) is 24.3 Å². The first-order valence-electron chi connectivity index (χ1n) is 10.7. The minimum absolute atomic E-state index is 0.00163. The summed E-state index contributed by atoms with van der Waals surface area (Å²) in [6.07, 6.45) is -9.94. The third-order valence-corrected chi connectivity index (χ3v) is 5.97. The van der Waals surface area contributed by atoms with Gasteiger partial charge in [-0.05, 0) is 24.3 Å². The number of aromatic nitrogens is 2. The Hall–Kier alpha value is -4.21. The van der Waals surface area contributed by atoms with Crippen molar-refractivity contribution in [2.45, 2.75) is 18.2 Å². The monoisotopic (exact) mass is 593 g/mol. The average molecular weight is 593 g/mol. The maximum Gasteiger partial charge on any atom is 0.490 e. The van der Waals surface area contributed by atoms with Gasteiger partial charge in [-0.15, -0.1) is 0 Å². The third kappa shape index (κ3) is 7.46. The van der Waals surface area contributed by atoms with Crippen molar-refractivity contribution in [3.8, 4) is 0 Å². The van der Waals surface area contributed by atoms with Gasteiger partial charge in [-0.25, -0.2) is 9.78 Å². The van der Waals surface area contributed by atoms with Gasteiger partial charge in [0.25, 0.3) is 5.91 Å². The molecule has 0 bridgehead atoms. The van der Waals surface area contributed by atoms with E-state index in [1.807, 2.05) is 0 Å². The second kappa shape index (κ2) is 11.5. The molecule has 214 valence electrons. The molecule has 0 aliphatic rings. The SMILES string of the molecule is CNC(=O)c1ccccc1Nc1nc(Nc2ccc(C(OC(=O)C(F)(F)F)P(=O)(O)O)cc2)ncc1C(F)(F)F. The van der Waals surface area contributed by atoms with Gasteiger partial charge in [-0.2, -0.15) is 31.3 Å². The third-order valence-electron chi connectivity index (χ3n) is 4.95. The smallest absolute Gasteiger partial charge is 0.438 e. The molecule has 1 unspecified atom stereocenters. The Morgan fingerprint density at radius 3 is 2.15 bits per heavy atom. The summed E-state index contributed by atoms with van der Waals surface area (Å²) < 4.78 is 94.1. The predicted octanol–water partition coefficient (Wildman–Crippen LogP) is 4.62. The summed E-state index contributed by atoms with van der Waals surface area (Å²) in [7, 11) is -4.08. The number of esters is 1. The molecule has 0 saturated carbocycles. The molecule has 3 aromatic rings. The summed E-state index contributed by atoms with van der Waals surface area (Å²) in [6.45, 7) is 0. The fraction of sp³-hybridized carbons (Fsp3) is 0.182. The summed E-state index contributed by atoms with van der Waals surface area (Å²) in [5.41, 5.74) is -1.72.